The highest BCUT2D eigenvalue weighted by atomic mass is 14.9. The Morgan fingerprint density at radius 1 is 1.00 bits per heavy atom. The van der Waals surface area contributed by atoms with Crippen molar-refractivity contribution in [1.29, 1.82) is 0 Å². The van der Waals surface area contributed by atoms with Crippen LogP contribution < -0.4 is 5.32 Å². The Bertz CT molecular complexity index is 449. The molecule has 0 saturated heterocycles. The lowest BCUT2D eigenvalue weighted by Gasteiger charge is -2.14. The zero-order chi connectivity index (χ0) is 11.4. The van der Waals surface area contributed by atoms with Gasteiger partial charge in [-0.2, -0.15) is 0 Å². The van der Waals surface area contributed by atoms with Crippen LogP contribution in [0.3, 0.4) is 0 Å². The molecule has 0 fully saturated rings. The number of para-hydroxylation sites is 1. The third-order valence-corrected chi connectivity index (χ3v) is 2.54. The van der Waals surface area contributed by atoms with E-state index in [0.717, 1.165) is 5.69 Å². The largest absolute Gasteiger partial charge is 0.355 e. The first-order chi connectivity index (χ1) is 7.77. The van der Waals surface area contributed by atoms with Gasteiger partial charge < -0.3 is 5.32 Å². The molecule has 0 spiro atoms. The van der Waals surface area contributed by atoms with Gasteiger partial charge in [0.05, 0.1) is 0 Å². The number of rotatable bonds is 3. The van der Waals surface area contributed by atoms with E-state index < -0.39 is 0 Å². The van der Waals surface area contributed by atoms with Crippen LogP contribution in [-0.2, 0) is 0 Å². The lowest BCUT2D eigenvalue weighted by molar-refractivity contribution is 0.869. The van der Waals surface area contributed by atoms with Crippen LogP contribution in [0.25, 0.3) is 0 Å². The van der Waals surface area contributed by atoms with E-state index in [4.69, 9.17) is 0 Å². The SMILES string of the molecule is CC(C)c1ccccc1Nc1ccncc1. The van der Waals surface area contributed by atoms with Crippen molar-refractivity contribution < 1.29 is 0 Å². The second-order valence-electron chi connectivity index (χ2n) is 4.10. The third kappa shape index (κ3) is 2.40. The summed E-state index contributed by atoms with van der Waals surface area (Å²) in [6.45, 7) is 4.40. The molecule has 1 aromatic carbocycles. The highest BCUT2D eigenvalue weighted by Gasteiger charge is 2.05. The van der Waals surface area contributed by atoms with E-state index >= 15 is 0 Å². The van der Waals surface area contributed by atoms with Gasteiger partial charge in [-0.25, -0.2) is 0 Å². The molecular formula is C14H16N2. The molecule has 2 nitrogen and oxygen atoms in total. The van der Waals surface area contributed by atoms with Gasteiger partial charge in [0.2, 0.25) is 0 Å². The standard InChI is InChI=1S/C14H16N2/c1-11(2)13-5-3-4-6-14(13)16-12-7-9-15-10-8-12/h3-11H,1-2H3,(H,15,16). The molecule has 0 saturated carbocycles. The summed E-state index contributed by atoms with van der Waals surface area (Å²) in [7, 11) is 0. The molecule has 82 valence electrons. The van der Waals surface area contributed by atoms with Crippen LogP contribution in [0.15, 0.2) is 48.8 Å². The normalized spacial score (nSPS) is 10.4. The molecule has 0 atom stereocenters. The number of benzene rings is 1. The highest BCUT2D eigenvalue weighted by molar-refractivity contribution is 5.63. The van der Waals surface area contributed by atoms with E-state index in [0.29, 0.717) is 5.92 Å². The zero-order valence-electron chi connectivity index (χ0n) is 9.64. The monoisotopic (exact) mass is 212 g/mol. The molecule has 2 rings (SSSR count). The maximum atomic E-state index is 4.00. The molecule has 0 bridgehead atoms. The van der Waals surface area contributed by atoms with Crippen molar-refractivity contribution in [1.82, 2.24) is 4.98 Å². The molecule has 1 aromatic heterocycles. The van der Waals surface area contributed by atoms with Crippen molar-refractivity contribution in [3.8, 4) is 0 Å². The summed E-state index contributed by atoms with van der Waals surface area (Å²) in [6, 6.07) is 12.3. The van der Waals surface area contributed by atoms with E-state index in [2.05, 4.69) is 48.4 Å². The van der Waals surface area contributed by atoms with E-state index in [-0.39, 0.29) is 0 Å². The zero-order valence-corrected chi connectivity index (χ0v) is 9.64. The summed E-state index contributed by atoms with van der Waals surface area (Å²) in [5.41, 5.74) is 3.58. The maximum Gasteiger partial charge on any atom is 0.0419 e. The molecule has 0 aliphatic rings. The molecule has 2 aromatic rings. The lowest BCUT2D eigenvalue weighted by Crippen LogP contribution is -1.97. The Balaban J connectivity index is 2.28. The Morgan fingerprint density at radius 2 is 1.69 bits per heavy atom. The molecule has 0 aliphatic heterocycles. The number of hydrogen-bond donors (Lipinski definition) is 1. The molecule has 0 radical (unpaired) electrons. The number of pyridine rings is 1. The Morgan fingerprint density at radius 3 is 2.38 bits per heavy atom. The highest BCUT2D eigenvalue weighted by Crippen LogP contribution is 2.26. The van der Waals surface area contributed by atoms with Gasteiger partial charge in [-0.15, -0.1) is 0 Å². The third-order valence-electron chi connectivity index (χ3n) is 2.54. The Kier molecular flexibility index (Phi) is 3.20. The van der Waals surface area contributed by atoms with Crippen LogP contribution >= 0.6 is 0 Å². The van der Waals surface area contributed by atoms with Crippen LogP contribution in [0.5, 0.6) is 0 Å². The number of aromatic nitrogens is 1. The fourth-order valence-electron chi connectivity index (χ4n) is 1.71. The second-order valence-corrected chi connectivity index (χ2v) is 4.10. The smallest absolute Gasteiger partial charge is 0.0419 e. The number of nitrogens with one attached hydrogen (secondary N) is 1. The van der Waals surface area contributed by atoms with Crippen molar-refractivity contribution in [2.75, 3.05) is 5.32 Å². The minimum absolute atomic E-state index is 0.519. The average molecular weight is 212 g/mol. The fraction of sp³-hybridized carbons (Fsp3) is 0.214. The number of hydrogen-bond acceptors (Lipinski definition) is 2. The van der Waals surface area contributed by atoms with Gasteiger partial charge in [0.15, 0.2) is 0 Å². The van der Waals surface area contributed by atoms with E-state index in [1.165, 1.54) is 11.3 Å². The molecule has 1 N–H and O–H groups in total. The molecule has 1 heterocycles. The van der Waals surface area contributed by atoms with Crippen LogP contribution in [0.4, 0.5) is 11.4 Å². The molecule has 0 amide bonds. The molecule has 0 unspecified atom stereocenters. The topological polar surface area (TPSA) is 24.9 Å². The minimum Gasteiger partial charge on any atom is -0.355 e. The Labute approximate surface area is 96.4 Å². The summed E-state index contributed by atoms with van der Waals surface area (Å²) in [4.78, 5) is 4.00. The van der Waals surface area contributed by atoms with E-state index in [1.54, 1.807) is 12.4 Å². The van der Waals surface area contributed by atoms with Gasteiger partial charge in [-0.1, -0.05) is 32.0 Å². The van der Waals surface area contributed by atoms with Crippen molar-refractivity contribution in [2.45, 2.75) is 19.8 Å². The minimum atomic E-state index is 0.519. The average Bonchev–Trinajstić information content (AvgIpc) is 2.31. The molecular weight excluding hydrogens is 196 g/mol. The summed E-state index contributed by atoms with van der Waals surface area (Å²) < 4.78 is 0. The predicted octanol–water partition coefficient (Wildman–Crippen LogP) is 3.95. The first-order valence-electron chi connectivity index (χ1n) is 5.53. The van der Waals surface area contributed by atoms with Gasteiger partial charge >= 0.3 is 0 Å². The lowest BCUT2D eigenvalue weighted by atomic mass is 10.0. The van der Waals surface area contributed by atoms with E-state index in [9.17, 15) is 0 Å². The first-order valence-corrected chi connectivity index (χ1v) is 5.53. The van der Waals surface area contributed by atoms with Crippen LogP contribution in [-0.4, -0.2) is 4.98 Å². The molecule has 0 aliphatic carbocycles. The van der Waals surface area contributed by atoms with Gasteiger partial charge in [0.25, 0.3) is 0 Å². The molecule has 2 heteroatoms. The predicted molar refractivity (Wildman–Crippen MR) is 68.1 cm³/mol. The maximum absolute atomic E-state index is 4.00. The van der Waals surface area contributed by atoms with Crippen LogP contribution in [0.1, 0.15) is 25.3 Å². The summed E-state index contributed by atoms with van der Waals surface area (Å²) in [5.74, 6) is 0.519. The summed E-state index contributed by atoms with van der Waals surface area (Å²) >= 11 is 0. The van der Waals surface area contributed by atoms with Crippen LogP contribution in [0.2, 0.25) is 0 Å². The first kappa shape index (κ1) is 10.7. The van der Waals surface area contributed by atoms with Crippen molar-refractivity contribution in [3.05, 3.63) is 54.4 Å². The van der Waals surface area contributed by atoms with Gasteiger partial charge in [0, 0.05) is 23.8 Å². The number of anilines is 2. The quantitative estimate of drug-likeness (QED) is 0.833. The summed E-state index contributed by atoms with van der Waals surface area (Å²) in [5, 5.41) is 3.41. The van der Waals surface area contributed by atoms with Gasteiger partial charge in [0.1, 0.15) is 0 Å². The fourth-order valence-corrected chi connectivity index (χ4v) is 1.71. The molecule has 16 heavy (non-hydrogen) atoms. The van der Waals surface area contributed by atoms with Crippen LogP contribution in [0, 0.1) is 0 Å². The second kappa shape index (κ2) is 4.79. The van der Waals surface area contributed by atoms with Crippen molar-refractivity contribution in [3.63, 3.8) is 0 Å². The van der Waals surface area contributed by atoms with Gasteiger partial charge in [-0.3, -0.25) is 4.98 Å². The van der Waals surface area contributed by atoms with Gasteiger partial charge in [-0.05, 0) is 29.7 Å². The van der Waals surface area contributed by atoms with Crippen molar-refractivity contribution >= 4 is 11.4 Å². The number of nitrogens with zero attached hydrogens (tertiary/aromatic N) is 1. The Hall–Kier alpha value is -1.83. The van der Waals surface area contributed by atoms with Crippen molar-refractivity contribution in [2.24, 2.45) is 0 Å². The van der Waals surface area contributed by atoms with E-state index in [1.807, 2.05) is 12.1 Å². The summed E-state index contributed by atoms with van der Waals surface area (Å²) in [6.07, 6.45) is 3.58.